The van der Waals surface area contributed by atoms with E-state index in [1.807, 2.05) is 24.3 Å². The van der Waals surface area contributed by atoms with Crippen LogP contribution in [-0.4, -0.2) is 27.2 Å². The molecule has 154 valence electrons. The molecule has 0 saturated heterocycles. The minimum Gasteiger partial charge on any atom is -0.471 e. The molecule has 0 aliphatic rings. The number of methoxy groups -OCH3 is 1. The Balaban J connectivity index is 1.48. The fourth-order valence-electron chi connectivity index (χ4n) is 2.82. The molecular formula is C20H15F3N4O3. The van der Waals surface area contributed by atoms with E-state index in [0.717, 1.165) is 16.5 Å². The highest BCUT2D eigenvalue weighted by atomic mass is 19.4. The summed E-state index contributed by atoms with van der Waals surface area (Å²) in [6.45, 7) is 0.537. The summed E-state index contributed by atoms with van der Waals surface area (Å²) in [6.07, 6.45) is -3.34. The van der Waals surface area contributed by atoms with E-state index in [1.54, 1.807) is 25.3 Å². The molecular weight excluding hydrogens is 401 g/mol. The lowest BCUT2D eigenvalue weighted by atomic mass is 10.1. The minimum absolute atomic E-state index is 0.123. The minimum atomic E-state index is -4.69. The van der Waals surface area contributed by atoms with Gasteiger partial charge in [-0.15, -0.1) is 0 Å². The summed E-state index contributed by atoms with van der Waals surface area (Å²) in [6, 6.07) is 12.6. The van der Waals surface area contributed by atoms with Gasteiger partial charge in [-0.2, -0.15) is 18.2 Å². The molecule has 1 aromatic carbocycles. The molecule has 0 unspecified atom stereocenters. The van der Waals surface area contributed by atoms with Crippen LogP contribution < -0.4 is 4.74 Å². The summed E-state index contributed by atoms with van der Waals surface area (Å²) in [5, 5.41) is 4.31. The number of rotatable bonds is 6. The fraction of sp³-hybridized carbons (Fsp3) is 0.200. The van der Waals surface area contributed by atoms with Crippen molar-refractivity contribution in [2.75, 3.05) is 7.11 Å². The molecule has 4 aromatic rings. The van der Waals surface area contributed by atoms with Gasteiger partial charge in [-0.05, 0) is 23.8 Å². The third-order valence-corrected chi connectivity index (χ3v) is 4.20. The van der Waals surface area contributed by atoms with E-state index in [-0.39, 0.29) is 12.4 Å². The van der Waals surface area contributed by atoms with E-state index < -0.39 is 12.1 Å². The first-order chi connectivity index (χ1) is 14.4. The molecule has 0 N–H and O–H groups in total. The highest BCUT2D eigenvalue weighted by molar-refractivity contribution is 5.82. The number of para-hydroxylation sites is 1. The molecule has 7 nitrogen and oxygen atoms in total. The lowest BCUT2D eigenvalue weighted by Gasteiger charge is -2.10. The van der Waals surface area contributed by atoms with Gasteiger partial charge in [0, 0.05) is 30.3 Å². The normalized spacial score (nSPS) is 11.7. The second-order valence-corrected chi connectivity index (χ2v) is 6.32. The number of pyridine rings is 2. The zero-order chi connectivity index (χ0) is 21.1. The molecule has 0 spiro atoms. The smallest absolute Gasteiger partial charge is 0.471 e. The molecule has 3 heterocycles. The number of ether oxygens (including phenoxy) is 2. The average molecular weight is 416 g/mol. The number of aromatic nitrogens is 4. The van der Waals surface area contributed by atoms with Crippen molar-refractivity contribution in [3.63, 3.8) is 0 Å². The van der Waals surface area contributed by atoms with Crippen molar-refractivity contribution >= 4 is 10.9 Å². The van der Waals surface area contributed by atoms with Crippen LogP contribution in [0.3, 0.4) is 0 Å². The maximum atomic E-state index is 12.6. The molecule has 0 bridgehead atoms. The summed E-state index contributed by atoms with van der Waals surface area (Å²) in [5.41, 5.74) is 2.58. The molecule has 3 aromatic heterocycles. The lowest BCUT2D eigenvalue weighted by molar-refractivity contribution is -0.159. The fourth-order valence-corrected chi connectivity index (χ4v) is 2.82. The second kappa shape index (κ2) is 8.07. The van der Waals surface area contributed by atoms with Crippen molar-refractivity contribution < 1.29 is 27.2 Å². The molecule has 0 fully saturated rings. The third kappa shape index (κ3) is 4.23. The van der Waals surface area contributed by atoms with Crippen molar-refractivity contribution in [3.05, 3.63) is 65.8 Å². The van der Waals surface area contributed by atoms with Gasteiger partial charge in [0.1, 0.15) is 6.61 Å². The van der Waals surface area contributed by atoms with Gasteiger partial charge in [0.15, 0.2) is 0 Å². The molecule has 4 rings (SSSR count). The van der Waals surface area contributed by atoms with Gasteiger partial charge in [0.2, 0.25) is 11.7 Å². The van der Waals surface area contributed by atoms with Crippen LogP contribution in [0.25, 0.3) is 22.3 Å². The highest BCUT2D eigenvalue weighted by Gasteiger charge is 2.38. The van der Waals surface area contributed by atoms with Gasteiger partial charge in [-0.3, -0.25) is 4.98 Å². The lowest BCUT2D eigenvalue weighted by Crippen LogP contribution is -2.05. The van der Waals surface area contributed by atoms with Crippen LogP contribution in [0.1, 0.15) is 17.1 Å². The Labute approximate surface area is 168 Å². The predicted molar refractivity (Wildman–Crippen MR) is 99.3 cm³/mol. The molecule has 0 aliphatic heterocycles. The number of halogens is 3. The van der Waals surface area contributed by atoms with E-state index >= 15 is 0 Å². The predicted octanol–water partition coefficient (Wildman–Crippen LogP) is 4.42. The van der Waals surface area contributed by atoms with Crippen LogP contribution in [0.4, 0.5) is 13.2 Å². The van der Waals surface area contributed by atoms with Crippen molar-refractivity contribution in [1.82, 2.24) is 20.1 Å². The van der Waals surface area contributed by atoms with Crippen LogP contribution in [0.15, 0.2) is 53.2 Å². The van der Waals surface area contributed by atoms with Crippen LogP contribution in [0.5, 0.6) is 5.88 Å². The Morgan fingerprint density at radius 3 is 2.57 bits per heavy atom. The van der Waals surface area contributed by atoms with Crippen LogP contribution in [-0.2, 0) is 24.1 Å². The zero-order valence-electron chi connectivity index (χ0n) is 15.7. The Morgan fingerprint density at radius 2 is 1.87 bits per heavy atom. The summed E-state index contributed by atoms with van der Waals surface area (Å²) < 4.78 is 53.0. The van der Waals surface area contributed by atoms with E-state index in [2.05, 4.69) is 24.6 Å². The summed E-state index contributed by atoms with van der Waals surface area (Å²) in [7, 11) is 1.61. The van der Waals surface area contributed by atoms with Crippen LogP contribution in [0.2, 0.25) is 0 Å². The van der Waals surface area contributed by atoms with E-state index in [9.17, 15) is 13.2 Å². The van der Waals surface area contributed by atoms with E-state index in [4.69, 9.17) is 9.47 Å². The average Bonchev–Trinajstić information content (AvgIpc) is 3.24. The summed E-state index contributed by atoms with van der Waals surface area (Å²) in [4.78, 5) is 12.0. The van der Waals surface area contributed by atoms with Gasteiger partial charge in [-0.1, -0.05) is 23.4 Å². The first-order valence-electron chi connectivity index (χ1n) is 8.80. The molecule has 0 saturated carbocycles. The number of fused-ring (bicyclic) bond motifs is 1. The molecule has 0 aliphatic carbocycles. The van der Waals surface area contributed by atoms with Gasteiger partial charge < -0.3 is 14.0 Å². The SMILES string of the molecule is COCc1cc(OCc2ccc(-c3noc(C(F)(F)F)n3)cn2)nc2ccccc12. The molecule has 0 radical (unpaired) electrons. The van der Waals surface area contributed by atoms with Crippen molar-refractivity contribution in [1.29, 1.82) is 0 Å². The summed E-state index contributed by atoms with van der Waals surface area (Å²) >= 11 is 0. The number of alkyl halides is 3. The first kappa shape index (κ1) is 19.8. The van der Waals surface area contributed by atoms with Gasteiger partial charge in [0.05, 0.1) is 17.8 Å². The van der Waals surface area contributed by atoms with E-state index in [0.29, 0.717) is 23.7 Å². The van der Waals surface area contributed by atoms with Crippen molar-refractivity contribution in [3.8, 4) is 17.3 Å². The molecule has 0 amide bonds. The molecule has 30 heavy (non-hydrogen) atoms. The maximum absolute atomic E-state index is 12.6. The quantitative estimate of drug-likeness (QED) is 0.460. The van der Waals surface area contributed by atoms with Gasteiger partial charge >= 0.3 is 12.1 Å². The number of nitrogens with zero attached hydrogens (tertiary/aromatic N) is 4. The van der Waals surface area contributed by atoms with Gasteiger partial charge in [-0.25, -0.2) is 4.98 Å². The maximum Gasteiger partial charge on any atom is 0.471 e. The Bertz CT molecular complexity index is 1160. The summed E-state index contributed by atoms with van der Waals surface area (Å²) in [5.74, 6) is -1.18. The van der Waals surface area contributed by atoms with E-state index in [1.165, 1.54) is 6.20 Å². The Hall–Kier alpha value is -3.53. The topological polar surface area (TPSA) is 83.2 Å². The number of hydrogen-bond acceptors (Lipinski definition) is 7. The Morgan fingerprint density at radius 1 is 1.03 bits per heavy atom. The zero-order valence-corrected chi connectivity index (χ0v) is 15.7. The first-order valence-corrected chi connectivity index (χ1v) is 8.80. The van der Waals surface area contributed by atoms with Crippen molar-refractivity contribution in [2.24, 2.45) is 0 Å². The van der Waals surface area contributed by atoms with Crippen molar-refractivity contribution in [2.45, 2.75) is 19.4 Å². The van der Waals surface area contributed by atoms with Crippen LogP contribution in [0, 0.1) is 0 Å². The highest BCUT2D eigenvalue weighted by Crippen LogP contribution is 2.29. The monoisotopic (exact) mass is 416 g/mol. The number of hydrogen-bond donors (Lipinski definition) is 0. The largest absolute Gasteiger partial charge is 0.471 e. The third-order valence-electron chi connectivity index (χ3n) is 4.20. The van der Waals surface area contributed by atoms with Gasteiger partial charge in [0.25, 0.3) is 0 Å². The standard InChI is InChI=1S/C20H15F3N4O3/c1-28-10-13-8-17(25-16-5-3-2-4-15(13)16)29-11-14-7-6-12(9-24-14)18-26-19(30-27-18)20(21,22)23/h2-9H,10-11H2,1H3. The molecule has 10 heteroatoms. The van der Waals surface area contributed by atoms with Crippen LogP contribution >= 0.6 is 0 Å². The Kier molecular flexibility index (Phi) is 5.32. The molecule has 0 atom stereocenters. The second-order valence-electron chi connectivity index (χ2n) is 6.32. The number of benzene rings is 1.